The minimum atomic E-state index is -0.0787. The van der Waals surface area contributed by atoms with Crippen molar-refractivity contribution >= 4 is 15.3 Å². The van der Waals surface area contributed by atoms with Crippen LogP contribution in [0.25, 0.3) is 0 Å². The van der Waals surface area contributed by atoms with Gasteiger partial charge in [-0.05, 0) is 9.39 Å². The Kier molecular flexibility index (Phi) is 1.02. The zero-order chi connectivity index (χ0) is 5.28. The van der Waals surface area contributed by atoms with Gasteiger partial charge in [-0.3, -0.25) is 4.79 Å². The summed E-state index contributed by atoms with van der Waals surface area (Å²) in [5.41, 5.74) is 0. The molecule has 0 aromatic carbocycles. The molecule has 7 heavy (non-hydrogen) atoms. The van der Waals surface area contributed by atoms with Gasteiger partial charge < -0.3 is 0 Å². The predicted octanol–water partition coefficient (Wildman–Crippen LogP) is -0.0141. The molecule has 4 nitrogen and oxygen atoms in total. The van der Waals surface area contributed by atoms with Crippen molar-refractivity contribution in [1.29, 1.82) is 0 Å². The Bertz CT molecular complexity index is 122. The van der Waals surface area contributed by atoms with Gasteiger partial charge in [0.1, 0.15) is 6.54 Å². The van der Waals surface area contributed by atoms with Crippen molar-refractivity contribution < 1.29 is 4.79 Å². The highest BCUT2D eigenvalue weighted by Gasteiger charge is 2.11. The molecule has 0 bridgehead atoms. The normalized spacial score (nSPS) is 19.0. The molecule has 1 heterocycles. The van der Waals surface area contributed by atoms with Crippen LogP contribution in [0.2, 0.25) is 0 Å². The van der Waals surface area contributed by atoms with Crippen molar-refractivity contribution in [1.82, 2.24) is 4.78 Å². The molecule has 0 aromatic rings. The second kappa shape index (κ2) is 1.54. The standard InChI is InChI=1S/C2H4N3OP/c6-2-1-3-4-5(2)7/h1,7H2. The van der Waals surface area contributed by atoms with Crippen LogP contribution in [0.4, 0.5) is 0 Å². The van der Waals surface area contributed by atoms with E-state index < -0.39 is 0 Å². The molecule has 1 aliphatic heterocycles. The largest absolute Gasteiger partial charge is 0.270 e. The highest BCUT2D eigenvalue weighted by molar-refractivity contribution is 7.14. The lowest BCUT2D eigenvalue weighted by Gasteiger charge is -1.94. The molecular formula is C2H4N3OP. The van der Waals surface area contributed by atoms with Crippen molar-refractivity contribution in [3.8, 4) is 0 Å². The number of hydrogen-bond donors (Lipinski definition) is 0. The minimum Gasteiger partial charge on any atom is -0.270 e. The van der Waals surface area contributed by atoms with Gasteiger partial charge in [-0.15, -0.1) is 0 Å². The molecule has 1 aliphatic rings. The van der Waals surface area contributed by atoms with E-state index in [0.717, 1.165) is 4.78 Å². The predicted molar refractivity (Wildman–Crippen MR) is 26.3 cm³/mol. The van der Waals surface area contributed by atoms with Gasteiger partial charge in [0.2, 0.25) is 0 Å². The van der Waals surface area contributed by atoms with Gasteiger partial charge in [-0.2, -0.15) is 9.89 Å². The third-order valence-electron chi connectivity index (χ3n) is 0.621. The molecule has 1 unspecified atom stereocenters. The van der Waals surface area contributed by atoms with Crippen LogP contribution in [0.1, 0.15) is 0 Å². The lowest BCUT2D eigenvalue weighted by Crippen LogP contribution is -2.10. The third kappa shape index (κ3) is 0.747. The topological polar surface area (TPSA) is 45.0 Å². The van der Waals surface area contributed by atoms with Crippen molar-refractivity contribution in [2.24, 2.45) is 10.3 Å². The summed E-state index contributed by atoms with van der Waals surface area (Å²) in [6, 6.07) is 0. The van der Waals surface area contributed by atoms with Gasteiger partial charge in [0.05, 0.1) is 0 Å². The fourth-order valence-electron chi connectivity index (χ4n) is 0.283. The van der Waals surface area contributed by atoms with Crippen molar-refractivity contribution in [2.75, 3.05) is 6.54 Å². The third-order valence-corrected chi connectivity index (χ3v) is 1.01. The average molecular weight is 117 g/mol. The van der Waals surface area contributed by atoms with Crippen LogP contribution in [0.5, 0.6) is 0 Å². The van der Waals surface area contributed by atoms with E-state index in [0.29, 0.717) is 0 Å². The summed E-state index contributed by atoms with van der Waals surface area (Å²) in [7, 11) is 2.14. The van der Waals surface area contributed by atoms with Gasteiger partial charge in [0.25, 0.3) is 5.91 Å². The van der Waals surface area contributed by atoms with E-state index in [4.69, 9.17) is 0 Å². The Hall–Kier alpha value is -0.500. The first kappa shape index (κ1) is 4.65. The van der Waals surface area contributed by atoms with E-state index in [1.54, 1.807) is 0 Å². The molecule has 0 fully saturated rings. The Morgan fingerprint density at radius 1 is 1.86 bits per heavy atom. The van der Waals surface area contributed by atoms with E-state index in [1.165, 1.54) is 0 Å². The highest BCUT2D eigenvalue weighted by Crippen LogP contribution is 2.06. The SMILES string of the molecule is O=C1CN=NN1P. The minimum absolute atomic E-state index is 0.0787. The van der Waals surface area contributed by atoms with Gasteiger partial charge in [-0.25, -0.2) is 0 Å². The molecule has 0 saturated heterocycles. The molecule has 0 N–H and O–H groups in total. The van der Waals surface area contributed by atoms with Crippen LogP contribution in [-0.2, 0) is 4.79 Å². The molecule has 0 aromatic heterocycles. The van der Waals surface area contributed by atoms with Crippen molar-refractivity contribution in [3.63, 3.8) is 0 Å². The molecule has 0 aliphatic carbocycles. The molecule has 38 valence electrons. The molecule has 0 spiro atoms. The average Bonchev–Trinajstić information content (AvgIpc) is 1.91. The summed E-state index contributed by atoms with van der Waals surface area (Å²) in [6.07, 6.45) is 0. The molecule has 1 amide bonds. The molecule has 0 saturated carbocycles. The number of amides is 1. The van der Waals surface area contributed by atoms with Crippen molar-refractivity contribution in [3.05, 3.63) is 0 Å². The molecular weight excluding hydrogens is 113 g/mol. The van der Waals surface area contributed by atoms with E-state index in [1.807, 2.05) is 0 Å². The molecule has 1 rings (SSSR count). The second-order valence-corrected chi connectivity index (χ2v) is 1.62. The van der Waals surface area contributed by atoms with E-state index in [-0.39, 0.29) is 12.5 Å². The first-order valence-electron chi connectivity index (χ1n) is 1.76. The van der Waals surface area contributed by atoms with E-state index in [9.17, 15) is 4.79 Å². The van der Waals surface area contributed by atoms with Crippen LogP contribution < -0.4 is 0 Å². The maximum atomic E-state index is 10.3. The maximum absolute atomic E-state index is 10.3. The summed E-state index contributed by atoms with van der Waals surface area (Å²) >= 11 is 0. The smallest absolute Gasteiger partial charge is 0.270 e. The lowest BCUT2D eigenvalue weighted by molar-refractivity contribution is -0.123. The van der Waals surface area contributed by atoms with Crippen LogP contribution >= 0.6 is 9.39 Å². The summed E-state index contributed by atoms with van der Waals surface area (Å²) in [4.78, 5) is 10.3. The summed E-state index contributed by atoms with van der Waals surface area (Å²) in [6.45, 7) is 0.198. The van der Waals surface area contributed by atoms with Gasteiger partial charge >= 0.3 is 0 Å². The fourth-order valence-corrected chi connectivity index (χ4v) is 0.437. The Labute approximate surface area is 42.8 Å². The first-order valence-corrected chi connectivity index (χ1v) is 2.27. The van der Waals surface area contributed by atoms with Gasteiger partial charge in [0, 0.05) is 0 Å². The first-order chi connectivity index (χ1) is 3.30. The van der Waals surface area contributed by atoms with E-state index in [2.05, 4.69) is 19.7 Å². The number of hydrogen-bond acceptors (Lipinski definition) is 3. The van der Waals surface area contributed by atoms with Gasteiger partial charge in [-0.1, -0.05) is 5.22 Å². The molecule has 1 atom stereocenters. The Balaban J connectivity index is 2.62. The Morgan fingerprint density at radius 2 is 2.57 bits per heavy atom. The van der Waals surface area contributed by atoms with Crippen molar-refractivity contribution in [2.45, 2.75) is 0 Å². The summed E-state index contributed by atoms with van der Waals surface area (Å²) in [5.74, 6) is -0.0787. The highest BCUT2D eigenvalue weighted by atomic mass is 31.0. The Morgan fingerprint density at radius 3 is 2.71 bits per heavy atom. The number of nitrogens with zero attached hydrogens (tertiary/aromatic N) is 3. The van der Waals surface area contributed by atoms with Gasteiger partial charge in [0.15, 0.2) is 0 Å². The maximum Gasteiger partial charge on any atom is 0.270 e. The van der Waals surface area contributed by atoms with Crippen LogP contribution in [0.15, 0.2) is 10.3 Å². The zero-order valence-electron chi connectivity index (χ0n) is 3.53. The van der Waals surface area contributed by atoms with Crippen LogP contribution in [0.3, 0.4) is 0 Å². The summed E-state index contributed by atoms with van der Waals surface area (Å²) in [5, 5.41) is 6.81. The van der Waals surface area contributed by atoms with Crippen LogP contribution in [0, 0.1) is 0 Å². The summed E-state index contributed by atoms with van der Waals surface area (Å²) < 4.78 is 1.14. The number of carbonyl (C=O) groups excluding carboxylic acids is 1. The molecule has 0 radical (unpaired) electrons. The quantitative estimate of drug-likeness (QED) is 0.411. The number of rotatable bonds is 0. The fraction of sp³-hybridized carbons (Fsp3) is 0.500. The number of carbonyl (C=O) groups is 1. The molecule has 5 heteroatoms. The van der Waals surface area contributed by atoms with E-state index >= 15 is 0 Å². The second-order valence-electron chi connectivity index (χ2n) is 1.13. The van der Waals surface area contributed by atoms with Crippen LogP contribution in [-0.4, -0.2) is 17.2 Å². The lowest BCUT2D eigenvalue weighted by atomic mass is 10.7. The zero-order valence-corrected chi connectivity index (χ0v) is 4.69. The monoisotopic (exact) mass is 117 g/mol.